The SMILES string of the molecule is CCC[Si](C)(Cl)Cl. The maximum absolute atomic E-state index is 5.74. The topological polar surface area (TPSA) is 0 Å². The maximum Gasteiger partial charge on any atom is 0.248 e. The highest BCUT2D eigenvalue weighted by Gasteiger charge is 2.17. The summed E-state index contributed by atoms with van der Waals surface area (Å²) in [6.07, 6.45) is 1.11. The van der Waals surface area contributed by atoms with Gasteiger partial charge in [-0.05, 0) is 12.6 Å². The number of halogens is 2. The summed E-state index contributed by atoms with van der Waals surface area (Å²) in [7, 11) is 0. The molecule has 0 radical (unpaired) electrons. The van der Waals surface area contributed by atoms with Crippen LogP contribution in [0, 0.1) is 0 Å². The Morgan fingerprint density at radius 3 is 1.86 bits per heavy atom. The van der Waals surface area contributed by atoms with Gasteiger partial charge in [0, 0.05) is 0 Å². The predicted octanol–water partition coefficient (Wildman–Crippen LogP) is 2.95. The largest absolute Gasteiger partial charge is 0.248 e. The third-order valence-electron chi connectivity index (χ3n) is 0.689. The first kappa shape index (κ1) is 7.80. The van der Waals surface area contributed by atoms with Gasteiger partial charge in [-0.2, -0.15) is 0 Å². The molecule has 0 atom stereocenters. The van der Waals surface area contributed by atoms with E-state index < -0.39 is 6.69 Å². The van der Waals surface area contributed by atoms with Gasteiger partial charge in [-0.25, -0.2) is 0 Å². The molecule has 0 amide bonds. The van der Waals surface area contributed by atoms with Crippen molar-refractivity contribution in [1.82, 2.24) is 0 Å². The zero-order valence-electron chi connectivity index (χ0n) is 4.67. The minimum Gasteiger partial charge on any atom is -0.146 e. The molecule has 0 aromatic rings. The van der Waals surface area contributed by atoms with Crippen LogP contribution >= 0.6 is 22.2 Å². The van der Waals surface area contributed by atoms with E-state index in [1.165, 1.54) is 0 Å². The van der Waals surface area contributed by atoms with Crippen LogP contribution in [0.5, 0.6) is 0 Å². The first-order valence-corrected chi connectivity index (χ1v) is 7.17. The second-order valence-electron chi connectivity index (χ2n) is 1.82. The van der Waals surface area contributed by atoms with Crippen molar-refractivity contribution in [2.75, 3.05) is 0 Å². The fourth-order valence-electron chi connectivity index (χ4n) is 0.439. The fourth-order valence-corrected chi connectivity index (χ4v) is 2.45. The van der Waals surface area contributed by atoms with Crippen molar-refractivity contribution in [3.8, 4) is 0 Å². The molecular formula is C4H10Cl2Si. The normalized spacial score (nSPS) is 12.0. The lowest BCUT2D eigenvalue weighted by molar-refractivity contribution is 1.07. The average molecular weight is 157 g/mol. The van der Waals surface area contributed by atoms with Crippen molar-refractivity contribution in [3.63, 3.8) is 0 Å². The van der Waals surface area contributed by atoms with E-state index in [-0.39, 0.29) is 0 Å². The minimum absolute atomic E-state index is 1.01. The molecule has 0 heterocycles. The van der Waals surface area contributed by atoms with Crippen LogP contribution < -0.4 is 0 Å². The Hall–Kier alpha value is 0.797. The molecule has 0 rings (SSSR count). The number of hydrogen-bond acceptors (Lipinski definition) is 0. The van der Waals surface area contributed by atoms with Gasteiger partial charge in [-0.1, -0.05) is 13.3 Å². The summed E-state index contributed by atoms with van der Waals surface area (Å²) >= 11 is 11.5. The molecule has 0 saturated heterocycles. The fraction of sp³-hybridized carbons (Fsp3) is 1.00. The Balaban J connectivity index is 3.15. The third kappa shape index (κ3) is 6.80. The van der Waals surface area contributed by atoms with Crippen LogP contribution in [-0.2, 0) is 0 Å². The summed E-state index contributed by atoms with van der Waals surface area (Å²) in [5.41, 5.74) is 0. The van der Waals surface area contributed by atoms with Gasteiger partial charge in [0.15, 0.2) is 0 Å². The molecule has 3 heteroatoms. The predicted molar refractivity (Wildman–Crippen MR) is 38.4 cm³/mol. The lowest BCUT2D eigenvalue weighted by Gasteiger charge is -2.05. The molecule has 0 unspecified atom stereocenters. The van der Waals surface area contributed by atoms with E-state index >= 15 is 0 Å². The highest BCUT2D eigenvalue weighted by molar-refractivity contribution is 7.44. The van der Waals surface area contributed by atoms with Crippen LogP contribution in [-0.4, -0.2) is 6.69 Å². The second kappa shape index (κ2) is 2.95. The van der Waals surface area contributed by atoms with E-state index in [4.69, 9.17) is 22.2 Å². The number of rotatable bonds is 2. The molecule has 0 aromatic carbocycles. The Morgan fingerprint density at radius 2 is 1.86 bits per heavy atom. The van der Waals surface area contributed by atoms with Crippen molar-refractivity contribution in [2.45, 2.75) is 25.9 Å². The summed E-state index contributed by atoms with van der Waals surface area (Å²) < 4.78 is 0. The average Bonchev–Trinajstić information content (AvgIpc) is 1.30. The third-order valence-corrected chi connectivity index (χ3v) is 3.20. The summed E-state index contributed by atoms with van der Waals surface area (Å²) in [4.78, 5) is 0. The summed E-state index contributed by atoms with van der Waals surface area (Å²) in [6.45, 7) is 2.32. The molecule has 0 saturated carbocycles. The van der Waals surface area contributed by atoms with Gasteiger partial charge < -0.3 is 0 Å². The molecule has 44 valence electrons. The molecule has 0 aromatic heterocycles. The van der Waals surface area contributed by atoms with Crippen molar-refractivity contribution >= 4 is 28.9 Å². The molecule has 0 aliphatic carbocycles. The molecule has 0 bridgehead atoms. The zero-order valence-corrected chi connectivity index (χ0v) is 7.18. The highest BCUT2D eigenvalue weighted by atomic mass is 35.7. The highest BCUT2D eigenvalue weighted by Crippen LogP contribution is 2.20. The smallest absolute Gasteiger partial charge is 0.146 e. The quantitative estimate of drug-likeness (QED) is 0.427. The first-order valence-electron chi connectivity index (χ1n) is 2.44. The van der Waals surface area contributed by atoms with Gasteiger partial charge in [0.2, 0.25) is 6.69 Å². The lowest BCUT2D eigenvalue weighted by atomic mass is 10.6. The molecule has 7 heavy (non-hydrogen) atoms. The lowest BCUT2D eigenvalue weighted by Crippen LogP contribution is -2.10. The molecule has 0 N–H and O–H groups in total. The van der Waals surface area contributed by atoms with Crippen LogP contribution in [0.1, 0.15) is 13.3 Å². The van der Waals surface area contributed by atoms with E-state index in [9.17, 15) is 0 Å². The van der Waals surface area contributed by atoms with Gasteiger partial charge in [0.25, 0.3) is 0 Å². The Morgan fingerprint density at radius 1 is 1.43 bits per heavy atom. The van der Waals surface area contributed by atoms with Crippen LogP contribution in [0.4, 0.5) is 0 Å². The second-order valence-corrected chi connectivity index (χ2v) is 10.0. The molecule has 0 fully saturated rings. The molecule has 0 aliphatic rings. The summed E-state index contributed by atoms with van der Waals surface area (Å²) in [5.74, 6) is 0. The van der Waals surface area contributed by atoms with E-state index in [1.54, 1.807) is 0 Å². The van der Waals surface area contributed by atoms with Crippen molar-refractivity contribution < 1.29 is 0 Å². The zero-order chi connectivity index (χ0) is 5.91. The van der Waals surface area contributed by atoms with Gasteiger partial charge in [0.05, 0.1) is 0 Å². The Bertz CT molecular complexity index is 48.1. The van der Waals surface area contributed by atoms with Crippen molar-refractivity contribution in [2.24, 2.45) is 0 Å². The van der Waals surface area contributed by atoms with E-state index in [2.05, 4.69) is 6.92 Å². The van der Waals surface area contributed by atoms with Crippen LogP contribution in [0.15, 0.2) is 0 Å². The molecular weight excluding hydrogens is 147 g/mol. The Kier molecular flexibility index (Phi) is 3.29. The number of hydrogen-bond donors (Lipinski definition) is 0. The molecule has 0 spiro atoms. The Labute approximate surface area is 55.2 Å². The van der Waals surface area contributed by atoms with Gasteiger partial charge >= 0.3 is 0 Å². The summed E-state index contributed by atoms with van der Waals surface area (Å²) in [6, 6.07) is 1.01. The van der Waals surface area contributed by atoms with Gasteiger partial charge in [-0.15, -0.1) is 22.2 Å². The van der Waals surface area contributed by atoms with Gasteiger partial charge in [-0.3, -0.25) is 0 Å². The molecule has 0 nitrogen and oxygen atoms in total. The van der Waals surface area contributed by atoms with Gasteiger partial charge in [0.1, 0.15) is 0 Å². The minimum atomic E-state index is -1.71. The monoisotopic (exact) mass is 156 g/mol. The van der Waals surface area contributed by atoms with Crippen LogP contribution in [0.3, 0.4) is 0 Å². The first-order chi connectivity index (χ1) is 3.06. The molecule has 0 aliphatic heterocycles. The van der Waals surface area contributed by atoms with Crippen molar-refractivity contribution in [3.05, 3.63) is 0 Å². The van der Waals surface area contributed by atoms with E-state index in [0.717, 1.165) is 12.5 Å². The van der Waals surface area contributed by atoms with E-state index in [0.29, 0.717) is 0 Å². The van der Waals surface area contributed by atoms with E-state index in [1.807, 2.05) is 6.55 Å². The van der Waals surface area contributed by atoms with Crippen molar-refractivity contribution in [1.29, 1.82) is 0 Å². The standard InChI is InChI=1S/C4H10Cl2Si/c1-3-4-7(2,5)6/h3-4H2,1-2H3. The van der Waals surface area contributed by atoms with Crippen LogP contribution in [0.2, 0.25) is 12.6 Å². The maximum atomic E-state index is 5.74. The summed E-state index contributed by atoms with van der Waals surface area (Å²) in [5, 5.41) is 0. The van der Waals surface area contributed by atoms with Crippen LogP contribution in [0.25, 0.3) is 0 Å².